The van der Waals surface area contributed by atoms with Crippen LogP contribution in [0.4, 0.5) is 81.9 Å². The van der Waals surface area contributed by atoms with Gasteiger partial charge in [-0.1, -0.05) is 233 Å². The van der Waals surface area contributed by atoms with Gasteiger partial charge in [0.15, 0.2) is 0 Å². The van der Waals surface area contributed by atoms with Crippen LogP contribution in [0.25, 0.3) is 11.1 Å². The van der Waals surface area contributed by atoms with Gasteiger partial charge < -0.3 is 30.7 Å². The van der Waals surface area contributed by atoms with Crippen LogP contribution in [0.15, 0.2) is 235 Å². The van der Waals surface area contributed by atoms with Crippen LogP contribution >= 0.6 is 31.8 Å². The predicted molar refractivity (Wildman–Crippen MR) is 483 cm³/mol. The lowest BCUT2D eigenvalue weighted by Gasteiger charge is -2.30. The van der Waals surface area contributed by atoms with Crippen molar-refractivity contribution in [1.82, 2.24) is 50.4 Å². The molecule has 0 unspecified atom stereocenters. The Balaban J connectivity index is 0.000000177. The Hall–Kier alpha value is -10.3. The van der Waals surface area contributed by atoms with E-state index in [1.807, 2.05) is 26.0 Å². The number of pyridine rings is 2. The van der Waals surface area contributed by atoms with E-state index in [0.717, 1.165) is 86.4 Å². The Bertz CT molecular complexity index is 5070. The molecule has 2 aliphatic rings. The SMILES string of the molecule is CC(C)CN.CCN(CC1CCCC1)c1ncc(Br)cc1CN(Cc1cc(C(F)(F)F)cc(C(F)(F)F)c1)c1nnn(C)n1.CCN(CC1CCCC1)c1ncc(NCC(C)C)cc1CN(Cc1cc(C(F)(F)F)cc(C(F)(F)F)c1)c1nnn(C)n1.c1ccc(P(c2ccccc2)c2ccccc2-c2ccccc2P(c2ccccc2)c2ccccc2)cc1. The van der Waals surface area contributed by atoms with Crippen LogP contribution in [0.2, 0.25) is 0 Å². The van der Waals surface area contributed by atoms with E-state index in [0.29, 0.717) is 59.4 Å². The van der Waals surface area contributed by atoms with E-state index in [9.17, 15) is 52.7 Å². The molecule has 3 N–H and O–H groups in total. The van der Waals surface area contributed by atoms with E-state index in [-0.39, 0.29) is 61.3 Å². The van der Waals surface area contributed by atoms with Crippen molar-refractivity contribution in [3.8, 4) is 11.1 Å². The first kappa shape index (κ1) is 95.3. The van der Waals surface area contributed by atoms with Gasteiger partial charge >= 0.3 is 24.7 Å². The Morgan fingerprint density at radius 2 is 0.760 bits per heavy atom. The largest absolute Gasteiger partial charge is 0.416 e. The molecular weight excluding hydrogens is 1720 g/mol. The molecule has 0 saturated heterocycles. The number of nitrogens with two attached hydrogens (primary N) is 1. The summed E-state index contributed by atoms with van der Waals surface area (Å²) in [6.45, 7) is 16.4. The van der Waals surface area contributed by atoms with Gasteiger partial charge in [0.05, 0.1) is 61.3 Å². The third kappa shape index (κ3) is 27.1. The number of aromatic nitrogens is 10. The van der Waals surface area contributed by atoms with Crippen molar-refractivity contribution in [2.75, 3.05) is 64.2 Å². The molecule has 12 aromatic rings. The first-order valence-electron chi connectivity index (χ1n) is 41.8. The summed E-state index contributed by atoms with van der Waals surface area (Å²) >= 11 is 3.44. The predicted octanol–water partition coefficient (Wildman–Crippen LogP) is 21.0. The molecule has 4 heterocycles. The Labute approximate surface area is 734 Å². The Morgan fingerprint density at radius 3 is 1.07 bits per heavy atom. The summed E-state index contributed by atoms with van der Waals surface area (Å²) in [4.78, 5) is 19.2. The average Bonchev–Trinajstić information content (AvgIpc) is 1.53. The first-order chi connectivity index (χ1) is 59.7. The molecule has 16 nitrogen and oxygen atoms in total. The molecule has 2 fully saturated rings. The van der Waals surface area contributed by atoms with Crippen molar-refractivity contribution in [2.24, 2.45) is 43.5 Å². The maximum atomic E-state index is 13.6. The number of halogens is 13. The van der Waals surface area contributed by atoms with Gasteiger partial charge in [0.1, 0.15) is 11.6 Å². The number of hydrogen-bond acceptors (Lipinski definition) is 14. The van der Waals surface area contributed by atoms with Crippen LogP contribution in [-0.4, -0.2) is 89.7 Å². The van der Waals surface area contributed by atoms with Gasteiger partial charge in [0, 0.05) is 67.6 Å². The molecule has 125 heavy (non-hydrogen) atoms. The van der Waals surface area contributed by atoms with E-state index in [1.165, 1.54) is 102 Å². The van der Waals surface area contributed by atoms with Crippen LogP contribution in [-0.2, 0) is 65.0 Å². The van der Waals surface area contributed by atoms with Crippen LogP contribution in [0.1, 0.15) is 137 Å². The molecular formula is C94H105BrF12N16P2. The molecule has 662 valence electrons. The molecule has 4 aromatic heterocycles. The summed E-state index contributed by atoms with van der Waals surface area (Å²) in [5, 5.41) is 35.7. The van der Waals surface area contributed by atoms with E-state index < -0.39 is 62.8 Å². The lowest BCUT2D eigenvalue weighted by Crippen LogP contribution is -2.32. The molecule has 0 bridgehead atoms. The molecule has 0 aliphatic heterocycles. The zero-order valence-corrected chi connectivity index (χ0v) is 74.5. The second kappa shape index (κ2) is 44.2. The number of aryl methyl sites for hydroxylation is 2. The smallest absolute Gasteiger partial charge is 0.384 e. The van der Waals surface area contributed by atoms with Crippen molar-refractivity contribution in [2.45, 2.75) is 144 Å². The zero-order valence-electron chi connectivity index (χ0n) is 71.1. The molecule has 0 radical (unpaired) electrons. The quantitative estimate of drug-likeness (QED) is 0.0336. The minimum atomic E-state index is -4.96. The fourth-order valence-electron chi connectivity index (χ4n) is 15.2. The van der Waals surface area contributed by atoms with Crippen molar-refractivity contribution in [3.63, 3.8) is 0 Å². The minimum Gasteiger partial charge on any atom is -0.384 e. The maximum absolute atomic E-state index is 13.6. The fourth-order valence-corrected chi connectivity index (χ4v) is 20.5. The van der Waals surface area contributed by atoms with Gasteiger partial charge in [-0.05, 0) is 215 Å². The molecule has 8 aromatic carbocycles. The van der Waals surface area contributed by atoms with Crippen LogP contribution < -0.4 is 62.5 Å². The summed E-state index contributed by atoms with van der Waals surface area (Å²) in [7, 11) is 1.61. The summed E-state index contributed by atoms with van der Waals surface area (Å²) in [6, 6.07) is 69.0. The molecule has 0 spiro atoms. The normalized spacial score (nSPS) is 13.3. The highest BCUT2D eigenvalue weighted by molar-refractivity contribution is 9.10. The highest BCUT2D eigenvalue weighted by Crippen LogP contribution is 2.44. The summed E-state index contributed by atoms with van der Waals surface area (Å²) < 4.78 is 163. The average molecular weight is 1830 g/mol. The number of tetrazole rings is 2. The standard InChI is InChI=1S/C36H28P2.C29H38F6N8.C25H28BrF6N7.C4H11N/c1-5-17-29(18-6-1)37(30-19-7-2-8-20-30)35-27-15-13-25-33(35)34-26-14-16-28-36(34)38(31-21-9-3-10-22-31)32-23-11-4-12-24-32;1-5-42(16-20-8-6-7-9-20)26-22(12-25(15-37-26)36-14-19(2)3)18-43(27-38-40-41(4)39-27)17-21-10-23(28(30,31)32)13-24(11-21)29(33,34)35;1-3-38(13-16-6-4-5-7-16)22-18(10-21(26)12-33-22)15-39(23-34-36-37(2)35-23)14-17-8-19(24(27,28)29)11-20(9-17)25(30,31)32;1-4(2)3-5/h1-28H;10-13,15,19-20,36H,5-9,14,16-18H2,1-4H3;8-12,16H,3-7,13-15H2,1-2H3;4H,3,5H2,1-2H3. The minimum absolute atomic E-state index is 0.0632. The molecule has 31 heteroatoms. The van der Waals surface area contributed by atoms with Crippen LogP contribution in [0.3, 0.4) is 0 Å². The number of anilines is 5. The molecule has 0 amide bonds. The second-order valence-corrected chi connectivity index (χ2v) is 37.2. The molecule has 2 saturated carbocycles. The van der Waals surface area contributed by atoms with Crippen molar-refractivity contribution in [1.29, 1.82) is 0 Å². The van der Waals surface area contributed by atoms with E-state index in [2.05, 4.69) is 264 Å². The topological polar surface area (TPSA) is 164 Å². The van der Waals surface area contributed by atoms with Crippen LogP contribution in [0, 0.1) is 23.7 Å². The monoisotopic (exact) mass is 1830 g/mol. The van der Waals surface area contributed by atoms with Gasteiger partial charge in [0.2, 0.25) is 0 Å². The van der Waals surface area contributed by atoms with E-state index >= 15 is 0 Å². The lowest BCUT2D eigenvalue weighted by molar-refractivity contribution is -0.144. The zero-order chi connectivity index (χ0) is 89.6. The highest BCUT2D eigenvalue weighted by atomic mass is 79.9. The number of nitrogens with one attached hydrogen (secondary N) is 1. The van der Waals surface area contributed by atoms with Gasteiger partial charge in [-0.25, -0.2) is 9.97 Å². The highest BCUT2D eigenvalue weighted by Gasteiger charge is 2.40. The third-order valence-electron chi connectivity index (χ3n) is 21.3. The summed E-state index contributed by atoms with van der Waals surface area (Å²) in [6.07, 6.45) is -7.12. The number of hydrogen-bond donors (Lipinski definition) is 2. The fraction of sp³-hybridized carbons (Fsp3) is 0.362. The summed E-state index contributed by atoms with van der Waals surface area (Å²) in [5.74, 6) is 3.62. The van der Waals surface area contributed by atoms with Gasteiger partial charge in [0.25, 0.3) is 11.9 Å². The van der Waals surface area contributed by atoms with Crippen molar-refractivity contribution >= 4 is 92.8 Å². The maximum Gasteiger partial charge on any atom is 0.416 e. The summed E-state index contributed by atoms with van der Waals surface area (Å²) in [5.41, 5.74) is 4.16. The molecule has 0 atom stereocenters. The van der Waals surface area contributed by atoms with Gasteiger partial charge in [-0.15, -0.1) is 10.2 Å². The van der Waals surface area contributed by atoms with Gasteiger partial charge in [-0.2, -0.15) is 62.3 Å². The third-order valence-corrected chi connectivity index (χ3v) is 26.7. The second-order valence-electron chi connectivity index (χ2n) is 31.9. The van der Waals surface area contributed by atoms with Gasteiger partial charge in [-0.3, -0.25) is 0 Å². The van der Waals surface area contributed by atoms with Crippen molar-refractivity contribution in [3.05, 3.63) is 280 Å². The number of nitrogens with zero attached hydrogens (tertiary/aromatic N) is 14. The first-order valence-corrected chi connectivity index (χ1v) is 45.3. The van der Waals surface area contributed by atoms with Crippen LogP contribution in [0.5, 0.6) is 0 Å². The lowest BCUT2D eigenvalue weighted by atomic mass is 10.0. The molecule has 14 rings (SSSR count). The number of benzene rings is 8. The van der Waals surface area contributed by atoms with E-state index in [1.54, 1.807) is 12.4 Å². The Morgan fingerprint density at radius 1 is 0.432 bits per heavy atom. The van der Waals surface area contributed by atoms with Crippen molar-refractivity contribution < 1.29 is 52.7 Å². The molecule has 2 aliphatic carbocycles. The Kier molecular flexibility index (Phi) is 33.7. The number of alkyl halides is 12. The number of rotatable bonds is 29. The van der Waals surface area contributed by atoms with E-state index in [4.69, 9.17) is 10.7 Å².